The molecule has 3 heterocycles. The second kappa shape index (κ2) is 11.4. The molecule has 2 aromatic carbocycles. The summed E-state index contributed by atoms with van der Waals surface area (Å²) in [5.41, 5.74) is -2.10. The molecule has 1 amide bonds. The first kappa shape index (κ1) is 29.8. The molecule has 2 aliphatic rings. The molecule has 4 aromatic rings. The first-order valence-corrected chi connectivity index (χ1v) is 14.7. The SMILES string of the molecule is CCC(O)(c1cc(F)c2c(c1)C(=O)N(Cc1ncc(C#N)cn1)[C@@]2(OC1CCC(O)C1)c1ccc(Cl)cc1)c1cnn(C)c1. The Balaban J connectivity index is 1.58. The van der Waals surface area contributed by atoms with E-state index in [1.807, 2.05) is 6.07 Å². The number of fused-ring (bicyclic) bond motifs is 1. The third-order valence-electron chi connectivity index (χ3n) is 8.52. The van der Waals surface area contributed by atoms with E-state index in [9.17, 15) is 20.3 Å². The Hall–Kier alpha value is -4.21. The molecule has 3 unspecified atom stereocenters. The van der Waals surface area contributed by atoms with Crippen LogP contribution in [0.1, 0.15) is 76.6 Å². The highest BCUT2D eigenvalue weighted by Gasteiger charge is 2.56. The van der Waals surface area contributed by atoms with Crippen LogP contribution in [0.3, 0.4) is 0 Å². The predicted molar refractivity (Wildman–Crippen MR) is 156 cm³/mol. The van der Waals surface area contributed by atoms with Gasteiger partial charge in [0, 0.05) is 41.8 Å². The fraction of sp³-hybridized carbons (Fsp3) is 0.344. The molecule has 2 aromatic heterocycles. The number of aliphatic hydroxyl groups excluding tert-OH is 1. The molecule has 1 aliphatic heterocycles. The summed E-state index contributed by atoms with van der Waals surface area (Å²) in [4.78, 5) is 24.4. The number of hydrogen-bond acceptors (Lipinski definition) is 8. The number of nitriles is 1. The smallest absolute Gasteiger partial charge is 0.257 e. The molecular formula is C32H30ClFN6O4. The zero-order chi connectivity index (χ0) is 31.2. The van der Waals surface area contributed by atoms with Crippen molar-refractivity contribution >= 4 is 17.5 Å². The Morgan fingerprint density at radius 1 is 1.18 bits per heavy atom. The maximum atomic E-state index is 16.8. The Morgan fingerprint density at radius 2 is 1.91 bits per heavy atom. The fourth-order valence-corrected chi connectivity index (χ4v) is 6.37. The van der Waals surface area contributed by atoms with E-state index in [-0.39, 0.29) is 41.0 Å². The van der Waals surface area contributed by atoms with Crippen molar-refractivity contribution in [3.05, 3.63) is 111 Å². The summed E-state index contributed by atoms with van der Waals surface area (Å²) in [6, 6.07) is 11.3. The Morgan fingerprint density at radius 3 is 2.50 bits per heavy atom. The summed E-state index contributed by atoms with van der Waals surface area (Å²) in [5.74, 6) is -1.11. The van der Waals surface area contributed by atoms with Gasteiger partial charge < -0.3 is 14.9 Å². The van der Waals surface area contributed by atoms with Crippen LogP contribution in [0.15, 0.2) is 61.2 Å². The molecule has 1 saturated carbocycles. The summed E-state index contributed by atoms with van der Waals surface area (Å²) < 4.78 is 25.1. The highest BCUT2D eigenvalue weighted by atomic mass is 35.5. The van der Waals surface area contributed by atoms with Crippen molar-refractivity contribution in [3.8, 4) is 6.07 Å². The van der Waals surface area contributed by atoms with Crippen molar-refractivity contribution in [3.63, 3.8) is 0 Å². The van der Waals surface area contributed by atoms with E-state index in [4.69, 9.17) is 16.3 Å². The summed E-state index contributed by atoms with van der Waals surface area (Å²) in [7, 11) is 1.72. The molecular weight excluding hydrogens is 587 g/mol. The highest BCUT2D eigenvalue weighted by Crippen LogP contribution is 2.50. The Bertz CT molecular complexity index is 1760. The van der Waals surface area contributed by atoms with Gasteiger partial charge in [0.15, 0.2) is 0 Å². The largest absolute Gasteiger partial charge is 0.393 e. The van der Waals surface area contributed by atoms with Crippen molar-refractivity contribution in [2.75, 3.05) is 0 Å². The number of nitrogens with zero attached hydrogens (tertiary/aromatic N) is 6. The number of benzene rings is 2. The van der Waals surface area contributed by atoms with Crippen LogP contribution in [0.2, 0.25) is 5.02 Å². The van der Waals surface area contributed by atoms with Gasteiger partial charge >= 0.3 is 0 Å². The molecule has 4 atom stereocenters. The molecule has 12 heteroatoms. The fourth-order valence-electron chi connectivity index (χ4n) is 6.24. The van der Waals surface area contributed by atoms with E-state index in [2.05, 4.69) is 15.1 Å². The minimum absolute atomic E-state index is 0.0119. The van der Waals surface area contributed by atoms with Crippen LogP contribution in [0.4, 0.5) is 4.39 Å². The third kappa shape index (κ3) is 4.94. The van der Waals surface area contributed by atoms with Crippen LogP contribution in [0.25, 0.3) is 0 Å². The molecule has 10 nitrogen and oxygen atoms in total. The Labute approximate surface area is 258 Å². The van der Waals surface area contributed by atoms with Crippen molar-refractivity contribution in [1.82, 2.24) is 24.6 Å². The molecule has 0 saturated heterocycles. The van der Waals surface area contributed by atoms with Gasteiger partial charge in [-0.15, -0.1) is 0 Å². The van der Waals surface area contributed by atoms with Crippen LogP contribution in [-0.2, 0) is 29.7 Å². The number of carbonyl (C=O) groups excluding carboxylic acids is 1. The zero-order valence-corrected chi connectivity index (χ0v) is 24.9. The number of aryl methyl sites for hydroxylation is 1. The topological polar surface area (TPSA) is 137 Å². The number of aromatic nitrogens is 4. The van der Waals surface area contributed by atoms with E-state index in [1.165, 1.54) is 35.6 Å². The molecule has 0 spiro atoms. The average molecular weight is 617 g/mol. The van der Waals surface area contributed by atoms with Crippen molar-refractivity contribution in [2.24, 2.45) is 7.05 Å². The molecule has 226 valence electrons. The van der Waals surface area contributed by atoms with Crippen LogP contribution < -0.4 is 0 Å². The molecule has 1 aliphatic carbocycles. The molecule has 2 N–H and O–H groups in total. The zero-order valence-electron chi connectivity index (χ0n) is 24.1. The summed E-state index contributed by atoms with van der Waals surface area (Å²) in [6.45, 7) is 1.58. The first-order valence-electron chi connectivity index (χ1n) is 14.3. The number of carbonyl (C=O) groups is 1. The lowest BCUT2D eigenvalue weighted by atomic mass is 9.83. The normalized spacial score (nSPS) is 22.6. The lowest BCUT2D eigenvalue weighted by molar-refractivity contribution is -0.149. The molecule has 0 radical (unpaired) electrons. The molecule has 0 bridgehead atoms. The van der Waals surface area contributed by atoms with Gasteiger partial charge in [-0.1, -0.05) is 30.7 Å². The quantitative estimate of drug-likeness (QED) is 0.299. The van der Waals surface area contributed by atoms with E-state index >= 15 is 4.39 Å². The summed E-state index contributed by atoms with van der Waals surface area (Å²) in [5, 5.41) is 36.0. The number of amides is 1. The van der Waals surface area contributed by atoms with E-state index < -0.39 is 35.3 Å². The van der Waals surface area contributed by atoms with Gasteiger partial charge in [-0.2, -0.15) is 10.4 Å². The predicted octanol–water partition coefficient (Wildman–Crippen LogP) is 4.31. The maximum Gasteiger partial charge on any atom is 0.257 e. The first-order chi connectivity index (χ1) is 21.1. The van der Waals surface area contributed by atoms with Crippen LogP contribution in [-0.4, -0.2) is 53.0 Å². The van der Waals surface area contributed by atoms with Gasteiger partial charge in [0.1, 0.15) is 23.3 Å². The molecule has 6 rings (SSSR count). The average Bonchev–Trinajstić information content (AvgIpc) is 3.71. The minimum atomic E-state index is -1.79. The number of ether oxygens (including phenoxy) is 1. The van der Waals surface area contributed by atoms with Gasteiger partial charge in [-0.25, -0.2) is 14.4 Å². The number of hydrogen-bond donors (Lipinski definition) is 2. The van der Waals surface area contributed by atoms with Crippen molar-refractivity contribution in [2.45, 2.75) is 62.7 Å². The van der Waals surface area contributed by atoms with E-state index in [0.717, 1.165) is 0 Å². The van der Waals surface area contributed by atoms with Gasteiger partial charge in [0.25, 0.3) is 5.91 Å². The maximum absolute atomic E-state index is 16.8. The summed E-state index contributed by atoms with van der Waals surface area (Å²) >= 11 is 6.25. The van der Waals surface area contributed by atoms with Crippen LogP contribution in [0, 0.1) is 17.1 Å². The van der Waals surface area contributed by atoms with Crippen molar-refractivity contribution < 1.29 is 24.1 Å². The summed E-state index contributed by atoms with van der Waals surface area (Å²) in [6.07, 6.45) is 6.24. The number of rotatable bonds is 8. The monoisotopic (exact) mass is 616 g/mol. The van der Waals surface area contributed by atoms with Crippen molar-refractivity contribution in [1.29, 1.82) is 5.26 Å². The number of halogens is 2. The second-order valence-electron chi connectivity index (χ2n) is 11.2. The number of aliphatic hydroxyl groups is 2. The van der Waals surface area contributed by atoms with Crippen LogP contribution in [0.5, 0.6) is 0 Å². The molecule has 44 heavy (non-hydrogen) atoms. The van der Waals surface area contributed by atoms with Gasteiger partial charge in [0.05, 0.1) is 41.6 Å². The lowest BCUT2D eigenvalue weighted by Crippen LogP contribution is -2.49. The van der Waals surface area contributed by atoms with Gasteiger partial charge in [-0.3, -0.25) is 14.4 Å². The van der Waals surface area contributed by atoms with E-state index in [1.54, 1.807) is 49.1 Å². The van der Waals surface area contributed by atoms with E-state index in [0.29, 0.717) is 35.4 Å². The molecule has 1 fully saturated rings. The Kier molecular flexibility index (Phi) is 7.71. The minimum Gasteiger partial charge on any atom is -0.393 e. The lowest BCUT2D eigenvalue weighted by Gasteiger charge is -2.41. The standard InChI is InChI=1S/C32H30ClFN6O4/c1-3-31(43,22-16-38-39(2)17-22)21-10-26-29(27(34)11-21)32(20-4-6-23(33)7-5-20,44-25-9-8-24(41)12-25)40(30(26)42)18-28-36-14-19(13-35)15-37-28/h4-7,10-11,14-17,24-25,41,43H,3,8-9,12,18H2,1-2H3/t24?,25?,31?,32-/m1/s1. The third-order valence-corrected chi connectivity index (χ3v) is 8.77. The highest BCUT2D eigenvalue weighted by molar-refractivity contribution is 6.30. The second-order valence-corrected chi connectivity index (χ2v) is 11.7. The van der Waals surface area contributed by atoms with Crippen LogP contribution >= 0.6 is 11.6 Å². The van der Waals surface area contributed by atoms with Gasteiger partial charge in [-0.05, 0) is 55.5 Å². The van der Waals surface area contributed by atoms with Gasteiger partial charge in [0.2, 0.25) is 5.72 Å².